The van der Waals surface area contributed by atoms with Crippen molar-refractivity contribution in [2.24, 2.45) is 0 Å². The van der Waals surface area contributed by atoms with E-state index in [1.165, 1.54) is 0 Å². The molecule has 2 rings (SSSR count). The van der Waals surface area contributed by atoms with Crippen LogP contribution in [0, 0.1) is 0 Å². The fourth-order valence-electron chi connectivity index (χ4n) is 1.52. The lowest BCUT2D eigenvalue weighted by Gasteiger charge is -2.12. The molecule has 0 aliphatic carbocycles. The van der Waals surface area contributed by atoms with Crippen LogP contribution in [0.15, 0.2) is 30.3 Å². The molecule has 1 heterocycles. The van der Waals surface area contributed by atoms with Crippen LogP contribution in [0.4, 0.5) is 5.95 Å². The molecule has 2 N–H and O–H groups in total. The highest BCUT2D eigenvalue weighted by molar-refractivity contribution is 6.30. The van der Waals surface area contributed by atoms with E-state index in [0.29, 0.717) is 21.8 Å². The number of aliphatic hydroxyl groups is 1. The van der Waals surface area contributed by atoms with Crippen molar-refractivity contribution in [1.82, 2.24) is 9.97 Å². The van der Waals surface area contributed by atoms with Gasteiger partial charge in [0.1, 0.15) is 5.15 Å². The van der Waals surface area contributed by atoms with Crippen molar-refractivity contribution < 1.29 is 5.11 Å². The predicted octanol–water partition coefficient (Wildman–Crippen LogP) is 3.24. The highest BCUT2D eigenvalue weighted by Gasteiger charge is 2.08. The topological polar surface area (TPSA) is 58.0 Å². The van der Waals surface area contributed by atoms with Crippen LogP contribution in [0.1, 0.15) is 6.92 Å². The number of hydrogen-bond acceptors (Lipinski definition) is 4. The van der Waals surface area contributed by atoms with Crippen molar-refractivity contribution in [2.75, 3.05) is 11.9 Å². The summed E-state index contributed by atoms with van der Waals surface area (Å²) in [5.74, 6) is 0.388. The molecule has 1 aromatic carbocycles. The van der Waals surface area contributed by atoms with Crippen molar-refractivity contribution in [3.63, 3.8) is 0 Å². The Kier molecular flexibility index (Phi) is 4.58. The molecule has 0 bridgehead atoms. The van der Waals surface area contributed by atoms with E-state index in [1.807, 2.05) is 19.1 Å². The Hall–Kier alpha value is -1.36. The summed E-state index contributed by atoms with van der Waals surface area (Å²) < 4.78 is 0. The van der Waals surface area contributed by atoms with Gasteiger partial charge in [0.15, 0.2) is 0 Å². The Morgan fingerprint density at radius 1 is 1.21 bits per heavy atom. The molecule has 4 nitrogen and oxygen atoms in total. The molecule has 1 atom stereocenters. The summed E-state index contributed by atoms with van der Waals surface area (Å²) in [5.41, 5.74) is 1.60. The van der Waals surface area contributed by atoms with E-state index in [9.17, 15) is 0 Å². The first-order valence-electron chi connectivity index (χ1n) is 5.76. The molecule has 6 heteroatoms. The summed E-state index contributed by atoms with van der Waals surface area (Å²) in [6.45, 7) is 1.82. The zero-order chi connectivity index (χ0) is 13.8. The number of anilines is 1. The molecule has 0 saturated carbocycles. The first kappa shape index (κ1) is 14.1. The van der Waals surface area contributed by atoms with Crippen LogP contribution in [-0.4, -0.2) is 27.7 Å². The van der Waals surface area contributed by atoms with Gasteiger partial charge in [-0.3, -0.25) is 0 Å². The monoisotopic (exact) mass is 297 g/mol. The van der Waals surface area contributed by atoms with E-state index < -0.39 is 0 Å². The highest BCUT2D eigenvalue weighted by Crippen LogP contribution is 2.23. The lowest BCUT2D eigenvalue weighted by Crippen LogP contribution is -2.21. The molecule has 100 valence electrons. The van der Waals surface area contributed by atoms with Crippen LogP contribution in [-0.2, 0) is 0 Å². The zero-order valence-corrected chi connectivity index (χ0v) is 11.8. The van der Waals surface area contributed by atoms with E-state index >= 15 is 0 Å². The average Bonchev–Trinajstić information content (AvgIpc) is 2.38. The molecule has 0 spiro atoms. The third-order valence-corrected chi connectivity index (χ3v) is 2.93. The Morgan fingerprint density at radius 2 is 1.89 bits per heavy atom. The lowest BCUT2D eigenvalue weighted by atomic mass is 10.1. The smallest absolute Gasteiger partial charge is 0.224 e. The van der Waals surface area contributed by atoms with E-state index in [4.69, 9.17) is 28.3 Å². The summed E-state index contributed by atoms with van der Waals surface area (Å²) in [6, 6.07) is 8.84. The Balaban J connectivity index is 2.33. The van der Waals surface area contributed by atoms with Crippen molar-refractivity contribution in [3.8, 4) is 11.3 Å². The van der Waals surface area contributed by atoms with Gasteiger partial charge < -0.3 is 10.4 Å². The second-order valence-electron chi connectivity index (χ2n) is 4.13. The molecule has 0 aliphatic heterocycles. The second-order valence-corrected chi connectivity index (χ2v) is 4.96. The summed E-state index contributed by atoms with van der Waals surface area (Å²) in [6.07, 6.45) is 0. The lowest BCUT2D eigenvalue weighted by molar-refractivity contribution is 0.281. The van der Waals surface area contributed by atoms with Crippen molar-refractivity contribution >= 4 is 29.2 Å². The second kappa shape index (κ2) is 6.19. The SMILES string of the molecule is C[C@@H](CO)Nc1nc(Cl)cc(-c2ccc(Cl)cc2)n1. The zero-order valence-electron chi connectivity index (χ0n) is 10.3. The van der Waals surface area contributed by atoms with E-state index in [-0.39, 0.29) is 12.6 Å². The summed E-state index contributed by atoms with van der Waals surface area (Å²) in [5, 5.41) is 13.0. The van der Waals surface area contributed by atoms with Gasteiger partial charge >= 0.3 is 0 Å². The van der Waals surface area contributed by atoms with E-state index in [1.54, 1.807) is 18.2 Å². The predicted molar refractivity (Wildman–Crippen MR) is 77.7 cm³/mol. The van der Waals surface area contributed by atoms with Gasteiger partial charge in [-0.15, -0.1) is 0 Å². The third-order valence-electron chi connectivity index (χ3n) is 2.48. The number of rotatable bonds is 4. The normalized spacial score (nSPS) is 12.2. The van der Waals surface area contributed by atoms with Crippen LogP contribution in [0.25, 0.3) is 11.3 Å². The number of nitrogens with one attached hydrogen (secondary N) is 1. The minimum atomic E-state index is -0.142. The van der Waals surface area contributed by atoms with Gasteiger partial charge in [-0.1, -0.05) is 35.3 Å². The molecule has 19 heavy (non-hydrogen) atoms. The number of nitrogens with zero attached hydrogens (tertiary/aromatic N) is 2. The Morgan fingerprint density at radius 3 is 2.53 bits per heavy atom. The van der Waals surface area contributed by atoms with Gasteiger partial charge in [-0.25, -0.2) is 9.97 Å². The minimum absolute atomic E-state index is 0.00779. The third kappa shape index (κ3) is 3.80. The number of benzene rings is 1. The van der Waals surface area contributed by atoms with Crippen LogP contribution in [0.2, 0.25) is 10.2 Å². The van der Waals surface area contributed by atoms with Crippen LogP contribution >= 0.6 is 23.2 Å². The van der Waals surface area contributed by atoms with Gasteiger partial charge in [0.05, 0.1) is 12.3 Å². The largest absolute Gasteiger partial charge is 0.394 e. The fraction of sp³-hybridized carbons (Fsp3) is 0.231. The van der Waals surface area contributed by atoms with Crippen LogP contribution in [0.3, 0.4) is 0 Å². The van der Waals surface area contributed by atoms with Crippen LogP contribution < -0.4 is 5.32 Å². The van der Waals surface area contributed by atoms with Gasteiger partial charge in [0, 0.05) is 22.7 Å². The maximum absolute atomic E-state index is 9.02. The summed E-state index contributed by atoms with van der Waals surface area (Å²) >= 11 is 11.8. The number of halogens is 2. The molecule has 1 aromatic heterocycles. The molecule has 2 aromatic rings. The average molecular weight is 298 g/mol. The minimum Gasteiger partial charge on any atom is -0.394 e. The van der Waals surface area contributed by atoms with E-state index in [2.05, 4.69) is 15.3 Å². The molecule has 0 unspecified atom stereocenters. The molecular formula is C13H13Cl2N3O. The van der Waals surface area contributed by atoms with E-state index in [0.717, 1.165) is 5.56 Å². The van der Waals surface area contributed by atoms with Gasteiger partial charge in [-0.2, -0.15) is 0 Å². The van der Waals surface area contributed by atoms with Gasteiger partial charge in [0.25, 0.3) is 0 Å². The number of aromatic nitrogens is 2. The van der Waals surface area contributed by atoms with Gasteiger partial charge in [0.2, 0.25) is 5.95 Å². The summed E-state index contributed by atoms with van der Waals surface area (Å²) in [4.78, 5) is 8.43. The first-order chi connectivity index (χ1) is 9.08. The molecule has 0 amide bonds. The number of aliphatic hydroxyl groups excluding tert-OH is 1. The maximum Gasteiger partial charge on any atom is 0.224 e. The van der Waals surface area contributed by atoms with Gasteiger partial charge in [-0.05, 0) is 19.1 Å². The quantitative estimate of drug-likeness (QED) is 0.851. The fourth-order valence-corrected chi connectivity index (χ4v) is 1.83. The molecular weight excluding hydrogens is 285 g/mol. The van der Waals surface area contributed by atoms with Crippen molar-refractivity contribution in [3.05, 3.63) is 40.5 Å². The Bertz CT molecular complexity index is 560. The maximum atomic E-state index is 9.02. The van der Waals surface area contributed by atoms with Crippen LogP contribution in [0.5, 0.6) is 0 Å². The summed E-state index contributed by atoms with van der Waals surface area (Å²) in [7, 11) is 0. The molecule has 0 aliphatic rings. The Labute approximate surface area is 121 Å². The molecule has 0 radical (unpaired) electrons. The van der Waals surface area contributed by atoms with Crippen molar-refractivity contribution in [2.45, 2.75) is 13.0 Å². The first-order valence-corrected chi connectivity index (χ1v) is 6.52. The standard InChI is InChI=1S/C13H13Cl2N3O/c1-8(7-19)16-13-17-11(6-12(15)18-13)9-2-4-10(14)5-3-9/h2-6,8,19H,7H2,1H3,(H,16,17,18)/t8-/m0/s1. The van der Waals surface area contributed by atoms with Crippen molar-refractivity contribution in [1.29, 1.82) is 0 Å². The molecule has 0 fully saturated rings. The highest BCUT2D eigenvalue weighted by atomic mass is 35.5. The molecule has 0 saturated heterocycles. The number of hydrogen-bond donors (Lipinski definition) is 2.